The number of para-hydroxylation sites is 1. The number of hydrogen-bond acceptors (Lipinski definition) is 5. The van der Waals surface area contributed by atoms with E-state index in [0.29, 0.717) is 11.3 Å². The molecule has 0 saturated carbocycles. The Morgan fingerprint density at radius 2 is 1.95 bits per heavy atom. The van der Waals surface area contributed by atoms with Crippen molar-refractivity contribution in [2.75, 3.05) is 18.4 Å². The average Bonchev–Trinajstić information content (AvgIpc) is 3.32. The smallest absolute Gasteiger partial charge is 0.255 e. The van der Waals surface area contributed by atoms with Crippen LogP contribution in [0.4, 0.5) is 5.69 Å². The van der Waals surface area contributed by atoms with Gasteiger partial charge in [0.2, 0.25) is 0 Å². The van der Waals surface area contributed by atoms with E-state index in [9.17, 15) is 4.79 Å². The summed E-state index contributed by atoms with van der Waals surface area (Å²) in [6, 6.07) is 21.5. The Hall–Kier alpha value is -3.94. The molecule has 1 aliphatic heterocycles. The summed E-state index contributed by atoms with van der Waals surface area (Å²) in [6.45, 7) is 6.61. The van der Waals surface area contributed by atoms with Crippen LogP contribution < -0.4 is 15.8 Å². The number of ether oxygens (including phenoxy) is 1. The van der Waals surface area contributed by atoms with Crippen molar-refractivity contribution in [3.63, 3.8) is 0 Å². The van der Waals surface area contributed by atoms with Crippen LogP contribution >= 0.6 is 0 Å². The van der Waals surface area contributed by atoms with E-state index >= 15 is 0 Å². The SMILES string of the molecule is Cc1cn(-c2cc(CN3CCCC(N)C3)cc(NC(=O)c3ccc(C)c(Oc4ccccc4)c3)c2)cn1. The lowest BCUT2D eigenvalue weighted by atomic mass is 10.0. The molecule has 1 atom stereocenters. The summed E-state index contributed by atoms with van der Waals surface area (Å²) in [6.07, 6.45) is 5.95. The van der Waals surface area contributed by atoms with Gasteiger partial charge in [0.05, 0.1) is 12.0 Å². The third kappa shape index (κ3) is 6.25. The van der Waals surface area contributed by atoms with E-state index in [4.69, 9.17) is 10.5 Å². The van der Waals surface area contributed by atoms with E-state index in [2.05, 4.69) is 21.3 Å². The zero-order valence-electron chi connectivity index (χ0n) is 21.4. The number of aryl methyl sites for hydroxylation is 2. The number of amides is 1. The number of nitrogens with two attached hydrogens (primary N) is 1. The van der Waals surface area contributed by atoms with Gasteiger partial charge in [0.15, 0.2) is 0 Å². The largest absolute Gasteiger partial charge is 0.457 e. The normalized spacial score (nSPS) is 15.9. The molecule has 2 heterocycles. The minimum absolute atomic E-state index is 0.192. The summed E-state index contributed by atoms with van der Waals surface area (Å²) in [5.74, 6) is 1.19. The van der Waals surface area contributed by atoms with Crippen molar-refractivity contribution in [2.45, 2.75) is 39.3 Å². The first kappa shape index (κ1) is 24.7. The molecule has 1 aliphatic rings. The highest BCUT2D eigenvalue weighted by molar-refractivity contribution is 6.04. The molecule has 1 aromatic heterocycles. The maximum atomic E-state index is 13.3. The van der Waals surface area contributed by atoms with Gasteiger partial charge in [0.1, 0.15) is 11.5 Å². The lowest BCUT2D eigenvalue weighted by Gasteiger charge is -2.30. The van der Waals surface area contributed by atoms with Gasteiger partial charge in [-0.05, 0) is 86.8 Å². The third-order valence-corrected chi connectivity index (χ3v) is 6.61. The van der Waals surface area contributed by atoms with Crippen molar-refractivity contribution >= 4 is 11.6 Å². The molecule has 1 unspecified atom stereocenters. The summed E-state index contributed by atoms with van der Waals surface area (Å²) in [7, 11) is 0. The minimum Gasteiger partial charge on any atom is -0.457 e. The van der Waals surface area contributed by atoms with E-state index in [1.165, 1.54) is 0 Å². The van der Waals surface area contributed by atoms with Crippen molar-refractivity contribution in [2.24, 2.45) is 5.73 Å². The number of likely N-dealkylation sites (tertiary alicyclic amines) is 1. The predicted molar refractivity (Wildman–Crippen MR) is 146 cm³/mol. The van der Waals surface area contributed by atoms with Crippen LogP contribution in [-0.2, 0) is 6.54 Å². The number of rotatable bonds is 7. The first-order chi connectivity index (χ1) is 17.9. The van der Waals surface area contributed by atoms with E-state index < -0.39 is 0 Å². The summed E-state index contributed by atoms with van der Waals surface area (Å²) >= 11 is 0. The Morgan fingerprint density at radius 1 is 1.11 bits per heavy atom. The molecule has 190 valence electrons. The van der Waals surface area contributed by atoms with Gasteiger partial charge < -0.3 is 20.4 Å². The number of imidazole rings is 1. The monoisotopic (exact) mass is 495 g/mol. The van der Waals surface area contributed by atoms with Crippen LogP contribution in [0.1, 0.15) is 40.0 Å². The minimum atomic E-state index is -0.192. The second kappa shape index (κ2) is 11.0. The van der Waals surface area contributed by atoms with Gasteiger partial charge in [0.25, 0.3) is 5.91 Å². The Bertz CT molecular complexity index is 1380. The van der Waals surface area contributed by atoms with Gasteiger partial charge in [-0.25, -0.2) is 4.98 Å². The second-order valence-electron chi connectivity index (χ2n) is 9.80. The van der Waals surface area contributed by atoms with Crippen molar-refractivity contribution < 1.29 is 9.53 Å². The number of aromatic nitrogens is 2. The molecule has 1 fully saturated rings. The molecule has 1 amide bonds. The van der Waals surface area contributed by atoms with Crippen LogP contribution in [0.2, 0.25) is 0 Å². The summed E-state index contributed by atoms with van der Waals surface area (Å²) < 4.78 is 8.02. The molecule has 3 aromatic carbocycles. The van der Waals surface area contributed by atoms with Crippen molar-refractivity contribution in [1.29, 1.82) is 0 Å². The summed E-state index contributed by atoms with van der Waals surface area (Å²) in [4.78, 5) is 20.1. The molecule has 0 radical (unpaired) electrons. The molecule has 0 bridgehead atoms. The Morgan fingerprint density at radius 3 is 2.70 bits per heavy atom. The zero-order valence-corrected chi connectivity index (χ0v) is 21.4. The van der Waals surface area contributed by atoms with Crippen molar-refractivity contribution in [3.8, 4) is 17.2 Å². The second-order valence-corrected chi connectivity index (χ2v) is 9.80. The lowest BCUT2D eigenvalue weighted by Crippen LogP contribution is -2.42. The van der Waals surface area contributed by atoms with Crippen LogP contribution in [0.25, 0.3) is 5.69 Å². The maximum absolute atomic E-state index is 13.3. The molecule has 4 aromatic rings. The maximum Gasteiger partial charge on any atom is 0.255 e. The first-order valence-electron chi connectivity index (χ1n) is 12.7. The topological polar surface area (TPSA) is 85.4 Å². The fourth-order valence-electron chi connectivity index (χ4n) is 4.71. The molecular formula is C30H33N5O2. The quantitative estimate of drug-likeness (QED) is 0.356. The summed E-state index contributed by atoms with van der Waals surface area (Å²) in [5.41, 5.74) is 11.4. The van der Waals surface area contributed by atoms with E-state index in [0.717, 1.165) is 66.4 Å². The molecule has 1 saturated heterocycles. The Labute approximate surface area is 217 Å². The molecule has 0 spiro atoms. The van der Waals surface area contributed by atoms with Crippen LogP contribution in [0.15, 0.2) is 79.3 Å². The van der Waals surface area contributed by atoms with Gasteiger partial charge in [-0.1, -0.05) is 24.3 Å². The molecule has 37 heavy (non-hydrogen) atoms. The number of benzene rings is 3. The number of carbonyl (C=O) groups is 1. The van der Waals surface area contributed by atoms with Gasteiger partial charge in [0, 0.05) is 42.3 Å². The first-order valence-corrected chi connectivity index (χ1v) is 12.7. The van der Waals surface area contributed by atoms with Crippen LogP contribution in [0, 0.1) is 13.8 Å². The van der Waals surface area contributed by atoms with Gasteiger partial charge in [-0.15, -0.1) is 0 Å². The van der Waals surface area contributed by atoms with Gasteiger partial charge in [-0.3, -0.25) is 9.69 Å². The number of piperidine rings is 1. The standard InChI is InChI=1S/C30H33N5O2/c1-21-10-11-24(15-29(21)37-28-8-4-3-5-9-28)30(36)33-26-13-23(18-34-12-6-7-25(31)19-34)14-27(16-26)35-17-22(2)32-20-35/h3-5,8-11,13-17,20,25H,6-7,12,18-19,31H2,1-2H3,(H,33,36). The fraction of sp³-hybridized carbons (Fsp3) is 0.267. The predicted octanol–water partition coefficient (Wildman–Crippen LogP) is 5.46. The van der Waals surface area contributed by atoms with E-state index in [1.807, 2.05) is 79.2 Å². The Balaban J connectivity index is 1.40. The molecular weight excluding hydrogens is 462 g/mol. The zero-order chi connectivity index (χ0) is 25.8. The van der Waals surface area contributed by atoms with Crippen LogP contribution in [0.3, 0.4) is 0 Å². The number of carbonyl (C=O) groups excluding carboxylic acids is 1. The molecule has 5 rings (SSSR count). The third-order valence-electron chi connectivity index (χ3n) is 6.61. The number of anilines is 1. The van der Waals surface area contributed by atoms with Crippen LogP contribution in [-0.4, -0.2) is 39.5 Å². The van der Waals surface area contributed by atoms with Crippen LogP contribution in [0.5, 0.6) is 11.5 Å². The highest BCUT2D eigenvalue weighted by Crippen LogP contribution is 2.27. The molecule has 7 nitrogen and oxygen atoms in total. The molecule has 7 heteroatoms. The van der Waals surface area contributed by atoms with Crippen molar-refractivity contribution in [3.05, 3.63) is 102 Å². The molecule has 0 aliphatic carbocycles. The highest BCUT2D eigenvalue weighted by Gasteiger charge is 2.18. The number of hydrogen-bond donors (Lipinski definition) is 2. The fourth-order valence-corrected chi connectivity index (χ4v) is 4.71. The highest BCUT2D eigenvalue weighted by atomic mass is 16.5. The molecule has 3 N–H and O–H groups in total. The van der Waals surface area contributed by atoms with Crippen molar-refractivity contribution in [1.82, 2.24) is 14.5 Å². The van der Waals surface area contributed by atoms with Gasteiger partial charge >= 0.3 is 0 Å². The summed E-state index contributed by atoms with van der Waals surface area (Å²) in [5, 5.41) is 3.10. The number of nitrogens with one attached hydrogen (secondary N) is 1. The average molecular weight is 496 g/mol. The van der Waals surface area contributed by atoms with E-state index in [-0.39, 0.29) is 11.9 Å². The van der Waals surface area contributed by atoms with E-state index in [1.54, 1.807) is 12.4 Å². The Kier molecular flexibility index (Phi) is 7.35. The lowest BCUT2D eigenvalue weighted by molar-refractivity contribution is 0.102. The van der Waals surface area contributed by atoms with Gasteiger partial charge in [-0.2, -0.15) is 0 Å². The number of nitrogens with zero attached hydrogens (tertiary/aromatic N) is 3.